The maximum atomic E-state index is 10.8. The number of carboxylic acids is 1. The molecule has 0 saturated heterocycles. The molecule has 0 amide bonds. The molecule has 0 fully saturated rings. The molecule has 1 heterocycles. The van der Waals surface area contributed by atoms with Gasteiger partial charge in [-0.1, -0.05) is 30.3 Å². The Kier molecular flexibility index (Phi) is 4.04. The standard InChI is InChI=1S/C14H13NO3/c16-14(17)13-6-12(7-15-8-13)10-18-9-11-4-2-1-3-5-11/h1-8H,9-10H2,(H,16,17). The van der Waals surface area contributed by atoms with Crippen LogP contribution >= 0.6 is 0 Å². The van der Waals surface area contributed by atoms with E-state index < -0.39 is 5.97 Å². The average Bonchev–Trinajstić information content (AvgIpc) is 2.40. The van der Waals surface area contributed by atoms with Crippen LogP contribution in [-0.4, -0.2) is 16.1 Å². The number of hydrogen-bond acceptors (Lipinski definition) is 3. The molecule has 2 rings (SSSR count). The predicted molar refractivity (Wildman–Crippen MR) is 66.1 cm³/mol. The van der Waals surface area contributed by atoms with Crippen LogP contribution in [0.4, 0.5) is 0 Å². The van der Waals surface area contributed by atoms with Crippen LogP contribution < -0.4 is 0 Å². The molecule has 1 aromatic heterocycles. The first-order valence-corrected chi connectivity index (χ1v) is 5.54. The largest absolute Gasteiger partial charge is 0.478 e. The normalized spacial score (nSPS) is 10.2. The molecular weight excluding hydrogens is 230 g/mol. The van der Waals surface area contributed by atoms with Gasteiger partial charge in [0.05, 0.1) is 18.8 Å². The van der Waals surface area contributed by atoms with Crippen molar-refractivity contribution in [2.75, 3.05) is 0 Å². The molecule has 0 unspecified atom stereocenters. The summed E-state index contributed by atoms with van der Waals surface area (Å²) in [5.41, 5.74) is 2.02. The molecule has 0 aliphatic rings. The lowest BCUT2D eigenvalue weighted by Crippen LogP contribution is -2.00. The summed E-state index contributed by atoms with van der Waals surface area (Å²) < 4.78 is 5.51. The highest BCUT2D eigenvalue weighted by Gasteiger charge is 2.04. The van der Waals surface area contributed by atoms with Crippen LogP contribution in [0.3, 0.4) is 0 Å². The van der Waals surface area contributed by atoms with Gasteiger partial charge in [0.2, 0.25) is 0 Å². The van der Waals surface area contributed by atoms with Crippen molar-refractivity contribution >= 4 is 5.97 Å². The van der Waals surface area contributed by atoms with E-state index >= 15 is 0 Å². The second-order valence-corrected chi connectivity index (χ2v) is 3.87. The number of aromatic nitrogens is 1. The van der Waals surface area contributed by atoms with Crippen molar-refractivity contribution in [2.45, 2.75) is 13.2 Å². The molecule has 1 aromatic carbocycles. The van der Waals surface area contributed by atoms with E-state index in [9.17, 15) is 4.79 Å². The Morgan fingerprint density at radius 2 is 1.83 bits per heavy atom. The fourth-order valence-corrected chi connectivity index (χ4v) is 1.54. The monoisotopic (exact) mass is 243 g/mol. The van der Waals surface area contributed by atoms with Gasteiger partial charge in [-0.05, 0) is 17.2 Å². The van der Waals surface area contributed by atoms with Crippen molar-refractivity contribution in [3.05, 3.63) is 65.5 Å². The van der Waals surface area contributed by atoms with Crippen molar-refractivity contribution in [2.24, 2.45) is 0 Å². The summed E-state index contributed by atoms with van der Waals surface area (Å²) in [6.07, 6.45) is 2.93. The van der Waals surface area contributed by atoms with E-state index in [1.807, 2.05) is 30.3 Å². The highest BCUT2D eigenvalue weighted by molar-refractivity contribution is 5.87. The molecule has 0 aliphatic carbocycles. The Labute approximate surface area is 105 Å². The van der Waals surface area contributed by atoms with Crippen LogP contribution in [0.2, 0.25) is 0 Å². The van der Waals surface area contributed by atoms with E-state index in [0.29, 0.717) is 13.2 Å². The lowest BCUT2D eigenvalue weighted by molar-refractivity contribution is 0.0695. The number of aromatic carboxylic acids is 1. The van der Waals surface area contributed by atoms with Gasteiger partial charge in [-0.15, -0.1) is 0 Å². The van der Waals surface area contributed by atoms with Crippen LogP contribution in [0, 0.1) is 0 Å². The van der Waals surface area contributed by atoms with Gasteiger partial charge < -0.3 is 9.84 Å². The third kappa shape index (κ3) is 3.40. The molecule has 92 valence electrons. The molecule has 0 radical (unpaired) electrons. The van der Waals surface area contributed by atoms with E-state index in [1.165, 1.54) is 6.20 Å². The van der Waals surface area contributed by atoms with Crippen molar-refractivity contribution in [3.63, 3.8) is 0 Å². The van der Waals surface area contributed by atoms with Crippen molar-refractivity contribution in [1.29, 1.82) is 0 Å². The number of hydrogen-bond donors (Lipinski definition) is 1. The Bertz CT molecular complexity index is 526. The SMILES string of the molecule is O=C(O)c1cncc(COCc2ccccc2)c1. The summed E-state index contributed by atoms with van der Waals surface area (Å²) in [5.74, 6) is -0.979. The maximum absolute atomic E-state index is 10.8. The molecule has 4 nitrogen and oxygen atoms in total. The molecule has 0 aliphatic heterocycles. The smallest absolute Gasteiger partial charge is 0.337 e. The van der Waals surface area contributed by atoms with Gasteiger partial charge in [0.1, 0.15) is 0 Å². The molecule has 0 atom stereocenters. The number of carboxylic acid groups (broad SMARTS) is 1. The van der Waals surface area contributed by atoms with Crippen LogP contribution in [0.1, 0.15) is 21.5 Å². The number of carbonyl (C=O) groups is 1. The van der Waals surface area contributed by atoms with E-state index in [2.05, 4.69) is 4.98 Å². The summed E-state index contributed by atoms with van der Waals surface area (Å²) in [6.45, 7) is 0.848. The summed E-state index contributed by atoms with van der Waals surface area (Å²) >= 11 is 0. The maximum Gasteiger partial charge on any atom is 0.337 e. The Morgan fingerprint density at radius 3 is 2.56 bits per heavy atom. The van der Waals surface area contributed by atoms with E-state index in [1.54, 1.807) is 12.3 Å². The molecule has 4 heteroatoms. The molecule has 1 N–H and O–H groups in total. The molecule has 2 aromatic rings. The first-order valence-electron chi connectivity index (χ1n) is 5.54. The van der Waals surface area contributed by atoms with Crippen molar-refractivity contribution < 1.29 is 14.6 Å². The van der Waals surface area contributed by atoms with Crippen molar-refractivity contribution in [3.8, 4) is 0 Å². The summed E-state index contributed by atoms with van der Waals surface area (Å²) in [7, 11) is 0. The van der Waals surface area contributed by atoms with Gasteiger partial charge in [0, 0.05) is 12.4 Å². The fraction of sp³-hybridized carbons (Fsp3) is 0.143. The number of ether oxygens (including phenoxy) is 1. The van der Waals surface area contributed by atoms with E-state index in [-0.39, 0.29) is 5.56 Å². The third-order valence-corrected chi connectivity index (χ3v) is 2.42. The minimum Gasteiger partial charge on any atom is -0.478 e. The van der Waals surface area contributed by atoms with Gasteiger partial charge in [-0.25, -0.2) is 4.79 Å². The number of pyridine rings is 1. The average molecular weight is 243 g/mol. The zero-order valence-corrected chi connectivity index (χ0v) is 9.74. The molecule has 0 saturated carbocycles. The Balaban J connectivity index is 1.90. The fourth-order valence-electron chi connectivity index (χ4n) is 1.54. The van der Waals surface area contributed by atoms with Gasteiger partial charge in [0.15, 0.2) is 0 Å². The zero-order valence-electron chi connectivity index (χ0n) is 9.74. The van der Waals surface area contributed by atoms with E-state index in [4.69, 9.17) is 9.84 Å². The quantitative estimate of drug-likeness (QED) is 0.876. The highest BCUT2D eigenvalue weighted by atomic mass is 16.5. The summed E-state index contributed by atoms with van der Waals surface area (Å²) in [5, 5.41) is 8.83. The van der Waals surface area contributed by atoms with E-state index in [0.717, 1.165) is 11.1 Å². The lowest BCUT2D eigenvalue weighted by Gasteiger charge is -2.04. The number of rotatable bonds is 5. The van der Waals surface area contributed by atoms with Crippen molar-refractivity contribution in [1.82, 2.24) is 4.98 Å². The first kappa shape index (κ1) is 12.3. The molecule has 0 spiro atoms. The third-order valence-electron chi connectivity index (χ3n) is 2.42. The highest BCUT2D eigenvalue weighted by Crippen LogP contribution is 2.07. The van der Waals surface area contributed by atoms with Gasteiger partial charge >= 0.3 is 5.97 Å². The van der Waals surface area contributed by atoms with Gasteiger partial charge in [0.25, 0.3) is 0 Å². The van der Waals surface area contributed by atoms with Crippen LogP contribution in [0.25, 0.3) is 0 Å². The second-order valence-electron chi connectivity index (χ2n) is 3.87. The van der Waals surface area contributed by atoms with Gasteiger partial charge in [-0.3, -0.25) is 4.98 Å². The second kappa shape index (κ2) is 5.93. The summed E-state index contributed by atoms with van der Waals surface area (Å²) in [4.78, 5) is 14.6. The molecular formula is C14H13NO3. The van der Waals surface area contributed by atoms with Crippen LogP contribution in [-0.2, 0) is 18.0 Å². The topological polar surface area (TPSA) is 59.4 Å². The Hall–Kier alpha value is -2.20. The first-order chi connectivity index (χ1) is 8.75. The number of benzene rings is 1. The number of nitrogens with zero attached hydrogens (tertiary/aromatic N) is 1. The minimum atomic E-state index is -0.979. The minimum absolute atomic E-state index is 0.177. The predicted octanol–water partition coefficient (Wildman–Crippen LogP) is 2.50. The molecule has 0 bridgehead atoms. The van der Waals surface area contributed by atoms with Crippen LogP contribution in [0.15, 0.2) is 48.8 Å². The Morgan fingerprint density at radius 1 is 1.11 bits per heavy atom. The molecule has 18 heavy (non-hydrogen) atoms. The lowest BCUT2D eigenvalue weighted by atomic mass is 10.2. The van der Waals surface area contributed by atoms with Gasteiger partial charge in [-0.2, -0.15) is 0 Å². The van der Waals surface area contributed by atoms with Crippen LogP contribution in [0.5, 0.6) is 0 Å². The summed E-state index contributed by atoms with van der Waals surface area (Å²) in [6, 6.07) is 11.4. The zero-order chi connectivity index (χ0) is 12.8.